The van der Waals surface area contributed by atoms with Gasteiger partial charge in [0.1, 0.15) is 5.69 Å². The molecule has 1 fully saturated rings. The Kier molecular flexibility index (Phi) is 4.36. The van der Waals surface area contributed by atoms with Gasteiger partial charge in [0.2, 0.25) is 11.6 Å². The molecule has 0 amide bonds. The van der Waals surface area contributed by atoms with Gasteiger partial charge >= 0.3 is 6.18 Å². The summed E-state index contributed by atoms with van der Waals surface area (Å²) in [6.07, 6.45) is -2.83. The van der Waals surface area contributed by atoms with Crippen LogP contribution in [0.1, 0.15) is 35.2 Å². The SMILES string of the molecule is C=C(NC)C(=O)c1cnc(C(F)(F)F)n1C1CCOCC1. The molecular formula is C13H16F3N3O2. The topological polar surface area (TPSA) is 56.2 Å². The van der Waals surface area contributed by atoms with Gasteiger partial charge in [-0.15, -0.1) is 0 Å². The third-order valence-electron chi connectivity index (χ3n) is 3.41. The van der Waals surface area contributed by atoms with Gasteiger partial charge in [-0.25, -0.2) is 4.98 Å². The van der Waals surface area contributed by atoms with Gasteiger partial charge in [0.15, 0.2) is 0 Å². The van der Waals surface area contributed by atoms with E-state index in [-0.39, 0.29) is 11.4 Å². The highest BCUT2D eigenvalue weighted by Crippen LogP contribution is 2.34. The zero-order valence-electron chi connectivity index (χ0n) is 11.5. The Bertz CT molecular complexity index is 545. The number of ketones is 1. The maximum atomic E-state index is 13.1. The van der Waals surface area contributed by atoms with Crippen molar-refractivity contribution in [2.24, 2.45) is 0 Å². The van der Waals surface area contributed by atoms with Crippen molar-refractivity contribution in [3.05, 3.63) is 30.0 Å². The number of rotatable bonds is 4. The van der Waals surface area contributed by atoms with Gasteiger partial charge in [0.05, 0.1) is 11.9 Å². The standard InChI is InChI=1S/C13H16F3N3O2/c1-8(17-2)11(20)10-7-18-12(13(14,15)16)19(10)9-3-5-21-6-4-9/h7,9,17H,1,3-6H2,2H3. The maximum absolute atomic E-state index is 13.1. The van der Waals surface area contributed by atoms with Crippen molar-refractivity contribution in [3.63, 3.8) is 0 Å². The van der Waals surface area contributed by atoms with Crippen LogP contribution in [0.2, 0.25) is 0 Å². The smallest absolute Gasteiger partial charge is 0.385 e. The summed E-state index contributed by atoms with van der Waals surface area (Å²) in [4.78, 5) is 15.6. The molecule has 1 aromatic heterocycles. The van der Waals surface area contributed by atoms with Crippen molar-refractivity contribution < 1.29 is 22.7 Å². The van der Waals surface area contributed by atoms with Crippen molar-refractivity contribution in [2.45, 2.75) is 25.1 Å². The number of carbonyl (C=O) groups excluding carboxylic acids is 1. The molecule has 0 radical (unpaired) electrons. The summed E-state index contributed by atoms with van der Waals surface area (Å²) in [6.45, 7) is 4.22. The number of nitrogens with zero attached hydrogens (tertiary/aromatic N) is 2. The molecule has 1 N–H and O–H groups in total. The lowest BCUT2D eigenvalue weighted by Crippen LogP contribution is -2.28. The van der Waals surface area contributed by atoms with Crippen molar-refractivity contribution >= 4 is 5.78 Å². The number of likely N-dealkylation sites (N-methyl/N-ethyl adjacent to an activating group) is 1. The molecule has 0 spiro atoms. The van der Waals surface area contributed by atoms with Crippen LogP contribution in [-0.4, -0.2) is 35.6 Å². The van der Waals surface area contributed by atoms with Crippen LogP contribution in [0.15, 0.2) is 18.5 Å². The van der Waals surface area contributed by atoms with Gasteiger partial charge in [-0.2, -0.15) is 13.2 Å². The Labute approximate surface area is 119 Å². The van der Waals surface area contributed by atoms with Crippen LogP contribution >= 0.6 is 0 Å². The molecule has 0 saturated carbocycles. The van der Waals surface area contributed by atoms with Gasteiger partial charge in [-0.05, 0) is 12.8 Å². The minimum absolute atomic E-state index is 0.0249. The van der Waals surface area contributed by atoms with E-state index in [0.29, 0.717) is 26.1 Å². The predicted octanol–water partition coefficient (Wildman–Crippen LogP) is 2.17. The largest absolute Gasteiger partial charge is 0.449 e. The van der Waals surface area contributed by atoms with Crippen molar-refractivity contribution in [2.75, 3.05) is 20.3 Å². The first kappa shape index (κ1) is 15.6. The number of aromatic nitrogens is 2. The Morgan fingerprint density at radius 3 is 2.62 bits per heavy atom. The molecule has 1 aromatic rings. The van der Waals surface area contributed by atoms with Gasteiger partial charge < -0.3 is 14.6 Å². The number of carbonyl (C=O) groups is 1. The van der Waals surface area contributed by atoms with E-state index < -0.39 is 23.8 Å². The Balaban J connectivity index is 2.48. The lowest BCUT2D eigenvalue weighted by Gasteiger charge is -2.27. The van der Waals surface area contributed by atoms with E-state index in [2.05, 4.69) is 16.9 Å². The fourth-order valence-corrected chi connectivity index (χ4v) is 2.32. The summed E-state index contributed by atoms with van der Waals surface area (Å²) < 4.78 is 45.4. The summed E-state index contributed by atoms with van der Waals surface area (Å²) in [5.74, 6) is -1.64. The van der Waals surface area contributed by atoms with Crippen molar-refractivity contribution in [1.29, 1.82) is 0 Å². The molecule has 0 bridgehead atoms. The van der Waals surface area contributed by atoms with Crippen molar-refractivity contribution in [1.82, 2.24) is 14.9 Å². The first-order valence-electron chi connectivity index (χ1n) is 6.49. The van der Waals surface area contributed by atoms with Gasteiger partial charge in [0, 0.05) is 26.3 Å². The molecule has 0 aromatic carbocycles. The highest BCUT2D eigenvalue weighted by atomic mass is 19.4. The predicted molar refractivity (Wildman–Crippen MR) is 68.8 cm³/mol. The molecular weight excluding hydrogens is 287 g/mol. The maximum Gasteiger partial charge on any atom is 0.449 e. The Hall–Kier alpha value is -1.83. The molecule has 0 aliphatic carbocycles. The van der Waals surface area contributed by atoms with E-state index in [9.17, 15) is 18.0 Å². The monoisotopic (exact) mass is 303 g/mol. The molecule has 8 heteroatoms. The minimum atomic E-state index is -4.61. The molecule has 2 rings (SSSR count). The van der Waals surface area contributed by atoms with E-state index >= 15 is 0 Å². The molecule has 5 nitrogen and oxygen atoms in total. The molecule has 1 saturated heterocycles. The van der Waals surface area contributed by atoms with Crippen LogP contribution in [0.3, 0.4) is 0 Å². The average molecular weight is 303 g/mol. The number of Topliss-reactive ketones (excluding diaryl/α,β-unsaturated/α-hetero) is 1. The first-order chi connectivity index (χ1) is 9.86. The first-order valence-corrected chi connectivity index (χ1v) is 6.49. The summed E-state index contributed by atoms with van der Waals surface area (Å²) in [7, 11) is 1.49. The number of alkyl halides is 3. The Morgan fingerprint density at radius 2 is 2.10 bits per heavy atom. The fourth-order valence-electron chi connectivity index (χ4n) is 2.32. The third-order valence-corrected chi connectivity index (χ3v) is 3.41. The molecule has 2 heterocycles. The summed E-state index contributed by atoms with van der Waals surface area (Å²) in [5, 5.41) is 2.55. The van der Waals surface area contributed by atoms with Crippen LogP contribution in [0, 0.1) is 0 Å². The highest BCUT2D eigenvalue weighted by Gasteiger charge is 2.40. The number of allylic oxidation sites excluding steroid dienone is 1. The van der Waals surface area contributed by atoms with E-state index in [4.69, 9.17) is 4.74 Å². The fraction of sp³-hybridized carbons (Fsp3) is 0.538. The van der Waals surface area contributed by atoms with E-state index in [1.165, 1.54) is 7.05 Å². The zero-order valence-corrected chi connectivity index (χ0v) is 11.5. The molecule has 1 aliphatic rings. The van der Waals surface area contributed by atoms with Crippen molar-refractivity contribution in [3.8, 4) is 0 Å². The van der Waals surface area contributed by atoms with Gasteiger partial charge in [-0.1, -0.05) is 6.58 Å². The quantitative estimate of drug-likeness (QED) is 0.684. The number of nitrogens with one attached hydrogen (secondary N) is 1. The van der Waals surface area contributed by atoms with E-state index in [1.807, 2.05) is 0 Å². The third kappa shape index (κ3) is 3.10. The lowest BCUT2D eigenvalue weighted by molar-refractivity contribution is -0.148. The second-order valence-corrected chi connectivity index (χ2v) is 4.74. The number of halogens is 3. The summed E-state index contributed by atoms with van der Waals surface area (Å²) >= 11 is 0. The molecule has 116 valence electrons. The van der Waals surface area contributed by atoms with Crippen LogP contribution in [0.4, 0.5) is 13.2 Å². The minimum Gasteiger partial charge on any atom is -0.385 e. The van der Waals surface area contributed by atoms with Crippen LogP contribution in [-0.2, 0) is 10.9 Å². The van der Waals surface area contributed by atoms with E-state index in [1.54, 1.807) is 0 Å². The van der Waals surface area contributed by atoms with Gasteiger partial charge in [0.25, 0.3) is 0 Å². The molecule has 0 unspecified atom stereocenters. The normalized spacial score (nSPS) is 16.8. The summed E-state index contributed by atoms with van der Waals surface area (Å²) in [5.41, 5.74) is -0.0782. The molecule has 1 aliphatic heterocycles. The van der Waals surface area contributed by atoms with Crippen LogP contribution < -0.4 is 5.32 Å². The number of hydrogen-bond acceptors (Lipinski definition) is 4. The second kappa shape index (κ2) is 5.88. The average Bonchev–Trinajstić information content (AvgIpc) is 2.91. The molecule has 21 heavy (non-hydrogen) atoms. The van der Waals surface area contributed by atoms with Crippen LogP contribution in [0.5, 0.6) is 0 Å². The zero-order chi connectivity index (χ0) is 15.6. The Morgan fingerprint density at radius 1 is 1.48 bits per heavy atom. The molecule has 0 atom stereocenters. The van der Waals surface area contributed by atoms with Gasteiger partial charge in [-0.3, -0.25) is 4.79 Å². The lowest BCUT2D eigenvalue weighted by atomic mass is 10.1. The summed E-state index contributed by atoms with van der Waals surface area (Å²) in [6, 6.07) is -0.457. The van der Waals surface area contributed by atoms with Crippen LogP contribution in [0.25, 0.3) is 0 Å². The van der Waals surface area contributed by atoms with E-state index in [0.717, 1.165) is 10.8 Å². The number of hydrogen-bond donors (Lipinski definition) is 1. The second-order valence-electron chi connectivity index (χ2n) is 4.74. The number of imidazole rings is 1. The number of ether oxygens (including phenoxy) is 1. The highest BCUT2D eigenvalue weighted by molar-refractivity contribution is 6.06.